The Morgan fingerprint density at radius 2 is 2.25 bits per heavy atom. The van der Waals surface area contributed by atoms with Crippen molar-refractivity contribution in [2.75, 3.05) is 5.73 Å². The number of hydrogen-bond donors (Lipinski definition) is 3. The molecule has 0 unspecified atom stereocenters. The van der Waals surface area contributed by atoms with E-state index in [4.69, 9.17) is 11.0 Å². The van der Waals surface area contributed by atoms with Gasteiger partial charge >= 0.3 is 0 Å². The minimum atomic E-state index is 0.00770. The Morgan fingerprint density at radius 1 is 1.50 bits per heavy atom. The lowest BCUT2D eigenvalue weighted by Crippen LogP contribution is -1.90. The maximum Gasteiger partial charge on any atom is 0.136 e. The fourth-order valence-corrected chi connectivity index (χ4v) is 1.55. The lowest BCUT2D eigenvalue weighted by Gasteiger charge is -2.05. The van der Waals surface area contributed by atoms with Gasteiger partial charge in [-0.3, -0.25) is 5.10 Å². The Bertz CT molecular complexity index is 580. The molecule has 2 rings (SSSR count). The van der Waals surface area contributed by atoms with Gasteiger partial charge in [0.05, 0.1) is 11.8 Å². The molecule has 1 aromatic heterocycles. The molecule has 5 heteroatoms. The number of nitrogens with two attached hydrogens (primary N) is 1. The van der Waals surface area contributed by atoms with Crippen molar-refractivity contribution in [3.63, 3.8) is 0 Å². The van der Waals surface area contributed by atoms with Crippen LogP contribution < -0.4 is 5.73 Å². The predicted molar refractivity (Wildman–Crippen MR) is 59.6 cm³/mol. The van der Waals surface area contributed by atoms with Gasteiger partial charge in [0.25, 0.3) is 0 Å². The molecule has 0 atom stereocenters. The smallest absolute Gasteiger partial charge is 0.136 e. The summed E-state index contributed by atoms with van der Waals surface area (Å²) in [5, 5.41) is 24.9. The molecule has 16 heavy (non-hydrogen) atoms. The quantitative estimate of drug-likeness (QED) is 0.670. The number of phenols is 1. The SMILES string of the molecule is Cc1cc(-c2cn[nH]c2N)cc(C#N)c1O. The molecule has 0 fully saturated rings. The number of aromatic hydroxyl groups is 1. The number of nitrogens with zero attached hydrogens (tertiary/aromatic N) is 2. The molecule has 0 aliphatic rings. The van der Waals surface area contributed by atoms with E-state index < -0.39 is 0 Å². The second-order valence-corrected chi connectivity index (χ2v) is 3.50. The highest BCUT2D eigenvalue weighted by molar-refractivity contribution is 5.75. The standard InChI is InChI=1S/C11H10N4O/c1-6-2-7(3-8(4-12)10(6)16)9-5-14-15-11(9)13/h2-3,5,16H,1H3,(H3,13,14,15). The first-order chi connectivity index (χ1) is 7.63. The van der Waals surface area contributed by atoms with Gasteiger partial charge < -0.3 is 10.8 Å². The summed E-state index contributed by atoms with van der Waals surface area (Å²) in [7, 11) is 0. The van der Waals surface area contributed by atoms with Gasteiger partial charge in [-0.1, -0.05) is 0 Å². The number of aromatic amines is 1. The van der Waals surface area contributed by atoms with Crippen molar-refractivity contribution in [3.05, 3.63) is 29.5 Å². The average molecular weight is 214 g/mol. The van der Waals surface area contributed by atoms with Crippen molar-refractivity contribution in [2.24, 2.45) is 0 Å². The van der Waals surface area contributed by atoms with Gasteiger partial charge in [-0.2, -0.15) is 10.4 Å². The van der Waals surface area contributed by atoms with E-state index in [0.29, 0.717) is 11.4 Å². The van der Waals surface area contributed by atoms with Gasteiger partial charge in [0.15, 0.2) is 0 Å². The first kappa shape index (κ1) is 10.1. The summed E-state index contributed by atoms with van der Waals surface area (Å²) < 4.78 is 0. The number of aryl methyl sites for hydroxylation is 1. The molecule has 4 N–H and O–H groups in total. The van der Waals surface area contributed by atoms with E-state index in [1.54, 1.807) is 25.3 Å². The summed E-state index contributed by atoms with van der Waals surface area (Å²) in [5.41, 5.74) is 8.04. The summed E-state index contributed by atoms with van der Waals surface area (Å²) in [6.07, 6.45) is 1.59. The third kappa shape index (κ3) is 1.46. The van der Waals surface area contributed by atoms with Gasteiger partial charge in [0.1, 0.15) is 17.6 Å². The predicted octanol–water partition coefficient (Wildman–Crippen LogP) is 1.54. The molecule has 0 amide bonds. The average Bonchev–Trinajstić information content (AvgIpc) is 2.68. The van der Waals surface area contributed by atoms with Crippen LogP contribution >= 0.6 is 0 Å². The number of aromatic nitrogens is 2. The number of benzene rings is 1. The molecule has 2 aromatic rings. The minimum absolute atomic E-state index is 0.00770. The van der Waals surface area contributed by atoms with Crippen LogP contribution in [0.25, 0.3) is 11.1 Å². The molecule has 0 aliphatic carbocycles. The zero-order valence-corrected chi connectivity index (χ0v) is 8.65. The Labute approximate surface area is 92.1 Å². The van der Waals surface area contributed by atoms with Crippen molar-refractivity contribution >= 4 is 5.82 Å². The van der Waals surface area contributed by atoms with Crippen LogP contribution in [0.4, 0.5) is 5.82 Å². The van der Waals surface area contributed by atoms with Crippen LogP contribution in [0.1, 0.15) is 11.1 Å². The van der Waals surface area contributed by atoms with Crippen molar-refractivity contribution in [2.45, 2.75) is 6.92 Å². The molecular weight excluding hydrogens is 204 g/mol. The Balaban J connectivity index is 2.65. The molecule has 1 heterocycles. The summed E-state index contributed by atoms with van der Waals surface area (Å²) in [4.78, 5) is 0. The van der Waals surface area contributed by atoms with E-state index in [0.717, 1.165) is 11.1 Å². The van der Waals surface area contributed by atoms with Crippen LogP contribution in [0.15, 0.2) is 18.3 Å². The second kappa shape index (κ2) is 3.59. The molecule has 0 saturated heterocycles. The highest BCUT2D eigenvalue weighted by Crippen LogP contribution is 2.30. The van der Waals surface area contributed by atoms with Gasteiger partial charge in [-0.05, 0) is 30.2 Å². The second-order valence-electron chi connectivity index (χ2n) is 3.50. The van der Waals surface area contributed by atoms with Crippen molar-refractivity contribution in [1.29, 1.82) is 5.26 Å². The van der Waals surface area contributed by atoms with Crippen molar-refractivity contribution in [1.82, 2.24) is 10.2 Å². The van der Waals surface area contributed by atoms with Crippen LogP contribution in [0.2, 0.25) is 0 Å². The Kier molecular flexibility index (Phi) is 2.25. The molecule has 0 bridgehead atoms. The third-order valence-corrected chi connectivity index (χ3v) is 2.40. The Hall–Kier alpha value is -2.48. The maximum absolute atomic E-state index is 9.61. The van der Waals surface area contributed by atoms with Crippen molar-refractivity contribution in [3.8, 4) is 22.9 Å². The molecule has 0 spiro atoms. The number of anilines is 1. The van der Waals surface area contributed by atoms with Crippen LogP contribution in [-0.4, -0.2) is 15.3 Å². The molecular formula is C11H10N4O. The summed E-state index contributed by atoms with van der Waals surface area (Å²) in [6, 6.07) is 5.28. The molecule has 5 nitrogen and oxygen atoms in total. The zero-order chi connectivity index (χ0) is 11.7. The third-order valence-electron chi connectivity index (χ3n) is 2.40. The number of rotatable bonds is 1. The molecule has 0 aliphatic heterocycles. The van der Waals surface area contributed by atoms with Gasteiger partial charge in [0.2, 0.25) is 0 Å². The van der Waals surface area contributed by atoms with E-state index in [1.807, 2.05) is 6.07 Å². The van der Waals surface area contributed by atoms with E-state index in [9.17, 15) is 5.11 Å². The number of nitrogens with one attached hydrogen (secondary N) is 1. The number of nitriles is 1. The topological polar surface area (TPSA) is 98.7 Å². The highest BCUT2D eigenvalue weighted by Gasteiger charge is 2.10. The fraction of sp³-hybridized carbons (Fsp3) is 0.0909. The van der Waals surface area contributed by atoms with Gasteiger partial charge in [-0.25, -0.2) is 0 Å². The molecule has 1 aromatic carbocycles. The lowest BCUT2D eigenvalue weighted by molar-refractivity contribution is 0.469. The Morgan fingerprint density at radius 3 is 2.81 bits per heavy atom. The first-order valence-corrected chi connectivity index (χ1v) is 4.66. The summed E-state index contributed by atoms with van der Waals surface area (Å²) in [6.45, 7) is 1.73. The van der Waals surface area contributed by atoms with Gasteiger partial charge in [0, 0.05) is 5.56 Å². The van der Waals surface area contributed by atoms with Crippen molar-refractivity contribution < 1.29 is 5.11 Å². The van der Waals surface area contributed by atoms with Gasteiger partial charge in [-0.15, -0.1) is 0 Å². The van der Waals surface area contributed by atoms with E-state index in [-0.39, 0.29) is 11.3 Å². The number of H-pyrrole nitrogens is 1. The first-order valence-electron chi connectivity index (χ1n) is 4.66. The monoisotopic (exact) mass is 214 g/mol. The van der Waals surface area contributed by atoms with E-state index in [2.05, 4.69) is 10.2 Å². The number of hydrogen-bond acceptors (Lipinski definition) is 4. The van der Waals surface area contributed by atoms with E-state index >= 15 is 0 Å². The molecule has 0 saturated carbocycles. The maximum atomic E-state index is 9.61. The van der Waals surface area contributed by atoms with Crippen LogP contribution in [0.3, 0.4) is 0 Å². The summed E-state index contributed by atoms with van der Waals surface area (Å²) in [5.74, 6) is 0.447. The fourth-order valence-electron chi connectivity index (χ4n) is 1.55. The summed E-state index contributed by atoms with van der Waals surface area (Å²) >= 11 is 0. The highest BCUT2D eigenvalue weighted by atomic mass is 16.3. The van der Waals surface area contributed by atoms with E-state index in [1.165, 1.54) is 0 Å². The minimum Gasteiger partial charge on any atom is -0.506 e. The van der Waals surface area contributed by atoms with Crippen LogP contribution in [0, 0.1) is 18.3 Å². The molecule has 0 radical (unpaired) electrons. The number of phenolic OH excluding ortho intramolecular Hbond substituents is 1. The molecule has 80 valence electrons. The zero-order valence-electron chi connectivity index (χ0n) is 8.65. The number of nitrogen functional groups attached to an aromatic ring is 1. The largest absolute Gasteiger partial charge is 0.506 e. The normalized spacial score (nSPS) is 10.0. The van der Waals surface area contributed by atoms with Crippen LogP contribution in [0.5, 0.6) is 5.75 Å². The lowest BCUT2D eigenvalue weighted by atomic mass is 10.0. The van der Waals surface area contributed by atoms with Crippen LogP contribution in [-0.2, 0) is 0 Å².